The standard InChI is InChI=1S/C53H33N/c1-3-13-34(14-4-1)38-26-28-42-44-29-25-35-23-24-36(37-27-30-51-46(32-37)43-19-9-12-22-50(43)54(51)39-15-5-2-6-16-39)31-45(35)52(44)53(49(42)33-38)47-20-10-7-17-40(47)41-18-8-11-21-48(41)53/h1-33H. The molecule has 0 atom stereocenters. The van der Waals surface area contributed by atoms with Crippen LogP contribution in [0, 0.1) is 0 Å². The largest absolute Gasteiger partial charge is 0.309 e. The fraction of sp³-hybridized carbons (Fsp3) is 0.0189. The molecule has 1 nitrogen and oxygen atoms in total. The number of rotatable bonds is 3. The number of benzene rings is 9. The lowest BCUT2D eigenvalue weighted by Gasteiger charge is -2.32. The summed E-state index contributed by atoms with van der Waals surface area (Å²) < 4.78 is 2.39. The maximum Gasteiger partial charge on any atom is 0.0731 e. The summed E-state index contributed by atoms with van der Waals surface area (Å²) in [7, 11) is 0. The van der Waals surface area contributed by atoms with Crippen LogP contribution in [0.4, 0.5) is 0 Å². The lowest BCUT2D eigenvalue weighted by molar-refractivity contribution is 0.801. The Kier molecular flexibility index (Phi) is 6.04. The molecule has 0 unspecified atom stereocenters. The zero-order chi connectivity index (χ0) is 35.4. The normalized spacial score (nSPS) is 13.3. The van der Waals surface area contributed by atoms with Gasteiger partial charge >= 0.3 is 0 Å². The molecule has 54 heavy (non-hydrogen) atoms. The van der Waals surface area contributed by atoms with E-state index in [4.69, 9.17) is 0 Å². The lowest BCUT2D eigenvalue weighted by atomic mass is 9.69. The third-order valence-electron chi connectivity index (χ3n) is 12.2. The van der Waals surface area contributed by atoms with Crippen LogP contribution < -0.4 is 0 Å². The first-order valence-electron chi connectivity index (χ1n) is 18.8. The summed E-state index contributed by atoms with van der Waals surface area (Å²) in [5.74, 6) is 0. The number of hydrogen-bond acceptors (Lipinski definition) is 0. The van der Waals surface area contributed by atoms with Crippen molar-refractivity contribution in [2.45, 2.75) is 5.41 Å². The average Bonchev–Trinajstić information content (AvgIpc) is 3.85. The predicted octanol–water partition coefficient (Wildman–Crippen LogP) is 13.6. The van der Waals surface area contributed by atoms with E-state index in [0.717, 1.165) is 0 Å². The highest BCUT2D eigenvalue weighted by atomic mass is 15.0. The monoisotopic (exact) mass is 683 g/mol. The molecule has 0 bridgehead atoms. The van der Waals surface area contributed by atoms with Crippen LogP contribution in [0.5, 0.6) is 0 Å². The van der Waals surface area contributed by atoms with Gasteiger partial charge in [-0.05, 0) is 120 Å². The first-order chi connectivity index (χ1) is 26.8. The van der Waals surface area contributed by atoms with Gasteiger partial charge in [-0.25, -0.2) is 0 Å². The van der Waals surface area contributed by atoms with Gasteiger partial charge in [-0.3, -0.25) is 0 Å². The molecule has 0 radical (unpaired) electrons. The Morgan fingerprint density at radius 1 is 0.315 bits per heavy atom. The maximum atomic E-state index is 2.48. The Morgan fingerprint density at radius 3 is 1.63 bits per heavy atom. The van der Waals surface area contributed by atoms with Crippen LogP contribution in [0.3, 0.4) is 0 Å². The van der Waals surface area contributed by atoms with Crippen molar-refractivity contribution in [1.29, 1.82) is 0 Å². The fourth-order valence-electron chi connectivity index (χ4n) is 9.96. The second kappa shape index (κ2) is 11.0. The minimum atomic E-state index is -0.451. The molecule has 1 heteroatoms. The van der Waals surface area contributed by atoms with E-state index in [1.165, 1.54) is 105 Å². The van der Waals surface area contributed by atoms with E-state index in [9.17, 15) is 0 Å². The van der Waals surface area contributed by atoms with Crippen LogP contribution in [0.2, 0.25) is 0 Å². The molecule has 1 spiro atoms. The van der Waals surface area contributed by atoms with E-state index < -0.39 is 5.41 Å². The molecule has 1 aromatic heterocycles. The van der Waals surface area contributed by atoms with E-state index in [1.807, 2.05) is 0 Å². The Bertz CT molecular complexity index is 3100. The van der Waals surface area contributed by atoms with Crippen molar-refractivity contribution in [2.75, 3.05) is 0 Å². The number of hydrogen-bond donors (Lipinski definition) is 0. The molecule has 0 N–H and O–H groups in total. The molecule has 9 aromatic carbocycles. The van der Waals surface area contributed by atoms with Crippen LogP contribution in [-0.4, -0.2) is 4.57 Å². The van der Waals surface area contributed by atoms with E-state index >= 15 is 0 Å². The van der Waals surface area contributed by atoms with Gasteiger partial charge in [0.05, 0.1) is 16.4 Å². The molecule has 0 saturated carbocycles. The third-order valence-corrected chi connectivity index (χ3v) is 12.2. The van der Waals surface area contributed by atoms with Crippen molar-refractivity contribution in [3.8, 4) is 50.2 Å². The molecule has 10 aromatic rings. The fourth-order valence-corrected chi connectivity index (χ4v) is 9.96. The maximum absolute atomic E-state index is 2.48. The Morgan fingerprint density at radius 2 is 0.852 bits per heavy atom. The average molecular weight is 684 g/mol. The van der Waals surface area contributed by atoms with Gasteiger partial charge in [0, 0.05) is 16.5 Å². The summed E-state index contributed by atoms with van der Waals surface area (Å²) in [5, 5.41) is 5.10. The first-order valence-corrected chi connectivity index (χ1v) is 18.8. The molecule has 0 fully saturated rings. The highest BCUT2D eigenvalue weighted by molar-refractivity contribution is 6.11. The van der Waals surface area contributed by atoms with Crippen molar-refractivity contribution in [2.24, 2.45) is 0 Å². The first kappa shape index (κ1) is 29.6. The van der Waals surface area contributed by atoms with E-state index in [-0.39, 0.29) is 0 Å². The van der Waals surface area contributed by atoms with Gasteiger partial charge in [0.15, 0.2) is 0 Å². The Balaban J connectivity index is 1.14. The summed E-state index contributed by atoms with van der Waals surface area (Å²) in [6.45, 7) is 0. The summed E-state index contributed by atoms with van der Waals surface area (Å²) in [5.41, 5.74) is 18.9. The molecule has 0 amide bonds. The molecule has 12 rings (SSSR count). The second-order valence-electron chi connectivity index (χ2n) is 14.8. The second-order valence-corrected chi connectivity index (χ2v) is 14.8. The number of para-hydroxylation sites is 2. The summed E-state index contributed by atoms with van der Waals surface area (Å²) in [4.78, 5) is 0. The number of fused-ring (bicyclic) bond motifs is 15. The lowest BCUT2D eigenvalue weighted by Crippen LogP contribution is -2.26. The van der Waals surface area contributed by atoms with Crippen molar-refractivity contribution in [3.63, 3.8) is 0 Å². The Labute approximate surface area is 314 Å². The molecule has 1 heterocycles. The van der Waals surface area contributed by atoms with Gasteiger partial charge in [-0.2, -0.15) is 0 Å². The van der Waals surface area contributed by atoms with Gasteiger partial charge in [-0.15, -0.1) is 0 Å². The topological polar surface area (TPSA) is 4.93 Å². The van der Waals surface area contributed by atoms with Crippen molar-refractivity contribution >= 4 is 32.6 Å². The smallest absolute Gasteiger partial charge is 0.0731 e. The molecule has 250 valence electrons. The molecular formula is C53H33N. The van der Waals surface area contributed by atoms with Crippen molar-refractivity contribution in [1.82, 2.24) is 4.57 Å². The van der Waals surface area contributed by atoms with E-state index in [2.05, 4.69) is 205 Å². The summed E-state index contributed by atoms with van der Waals surface area (Å²) in [6, 6.07) is 74.6. The van der Waals surface area contributed by atoms with Crippen LogP contribution in [0.15, 0.2) is 200 Å². The Hall–Kier alpha value is -6.96. The van der Waals surface area contributed by atoms with Gasteiger partial charge in [0.2, 0.25) is 0 Å². The highest BCUT2D eigenvalue weighted by Gasteiger charge is 2.52. The molecular weight excluding hydrogens is 651 g/mol. The molecule has 0 aliphatic heterocycles. The predicted molar refractivity (Wildman–Crippen MR) is 225 cm³/mol. The van der Waals surface area contributed by atoms with Crippen molar-refractivity contribution in [3.05, 3.63) is 222 Å². The highest BCUT2D eigenvalue weighted by Crippen LogP contribution is 2.64. The zero-order valence-corrected chi connectivity index (χ0v) is 29.5. The number of nitrogens with zero attached hydrogens (tertiary/aromatic N) is 1. The minimum absolute atomic E-state index is 0.451. The molecule has 2 aliphatic rings. The summed E-state index contributed by atoms with van der Waals surface area (Å²) in [6.07, 6.45) is 0. The SMILES string of the molecule is c1ccc(-c2ccc3c(c2)C2(c4ccccc4-c4ccccc42)c2c-3ccc3ccc(-c4ccc5c(c4)c4ccccc4n5-c4ccccc4)cc23)cc1. The minimum Gasteiger partial charge on any atom is -0.309 e. The van der Waals surface area contributed by atoms with Gasteiger partial charge in [0.25, 0.3) is 0 Å². The van der Waals surface area contributed by atoms with Crippen molar-refractivity contribution < 1.29 is 0 Å². The van der Waals surface area contributed by atoms with E-state index in [0.29, 0.717) is 0 Å². The van der Waals surface area contributed by atoms with Crippen LogP contribution in [0.1, 0.15) is 22.3 Å². The van der Waals surface area contributed by atoms with Gasteiger partial charge in [-0.1, -0.05) is 158 Å². The van der Waals surface area contributed by atoms with Gasteiger partial charge in [0.1, 0.15) is 0 Å². The molecule has 0 saturated heterocycles. The molecule has 2 aliphatic carbocycles. The third kappa shape index (κ3) is 3.88. The summed E-state index contributed by atoms with van der Waals surface area (Å²) >= 11 is 0. The number of aromatic nitrogens is 1. The van der Waals surface area contributed by atoms with E-state index in [1.54, 1.807) is 0 Å². The van der Waals surface area contributed by atoms with Gasteiger partial charge < -0.3 is 4.57 Å². The van der Waals surface area contributed by atoms with Crippen LogP contribution in [0.25, 0.3) is 82.8 Å². The van der Waals surface area contributed by atoms with Crippen LogP contribution >= 0.6 is 0 Å². The van der Waals surface area contributed by atoms with Crippen LogP contribution in [-0.2, 0) is 5.41 Å². The quantitative estimate of drug-likeness (QED) is 0.175. The zero-order valence-electron chi connectivity index (χ0n) is 29.5.